The Labute approximate surface area is 150 Å². The summed E-state index contributed by atoms with van der Waals surface area (Å²) in [5.41, 5.74) is 6.30. The first-order chi connectivity index (χ1) is 12.2. The average Bonchev–Trinajstić information content (AvgIpc) is 2.53. The molecular formula is C16H21N7O3. The van der Waals surface area contributed by atoms with Crippen LogP contribution < -0.4 is 21.5 Å². The van der Waals surface area contributed by atoms with Gasteiger partial charge in [-0.25, -0.2) is 15.4 Å². The van der Waals surface area contributed by atoms with Gasteiger partial charge in [0.15, 0.2) is 0 Å². The Kier molecular flexibility index (Phi) is 5.68. The Balaban J connectivity index is 2.25. The number of amides is 1. The van der Waals surface area contributed by atoms with Crippen molar-refractivity contribution in [2.75, 3.05) is 16.1 Å². The van der Waals surface area contributed by atoms with Crippen LogP contribution in [0.25, 0.3) is 0 Å². The van der Waals surface area contributed by atoms with Crippen LogP contribution in [0.3, 0.4) is 0 Å². The normalized spacial score (nSPS) is 10.9. The van der Waals surface area contributed by atoms with E-state index in [-0.39, 0.29) is 28.8 Å². The van der Waals surface area contributed by atoms with Gasteiger partial charge in [-0.15, -0.1) is 0 Å². The molecule has 0 aliphatic carbocycles. The summed E-state index contributed by atoms with van der Waals surface area (Å²) in [5, 5.41) is 17.0. The second kappa shape index (κ2) is 7.74. The van der Waals surface area contributed by atoms with Gasteiger partial charge in [0.25, 0.3) is 0 Å². The van der Waals surface area contributed by atoms with Crippen LogP contribution in [-0.2, 0) is 4.79 Å². The van der Waals surface area contributed by atoms with Crippen molar-refractivity contribution in [3.63, 3.8) is 0 Å². The molecule has 2 aromatic rings. The van der Waals surface area contributed by atoms with Crippen LogP contribution >= 0.6 is 0 Å². The maximum Gasteiger partial charge on any atom is 0.354 e. The van der Waals surface area contributed by atoms with Crippen molar-refractivity contribution < 1.29 is 9.72 Å². The van der Waals surface area contributed by atoms with Crippen molar-refractivity contribution >= 4 is 34.6 Å². The predicted octanol–water partition coefficient (Wildman–Crippen LogP) is 2.80. The molecule has 2 rings (SSSR count). The number of nitrogens with zero attached hydrogens (tertiary/aromatic N) is 3. The summed E-state index contributed by atoms with van der Waals surface area (Å²) in [6.07, 6.45) is 1.23. The molecule has 4 N–H and O–H groups in total. The van der Waals surface area contributed by atoms with Gasteiger partial charge in [0.1, 0.15) is 6.33 Å². The zero-order chi connectivity index (χ0) is 19.3. The molecule has 0 saturated heterocycles. The summed E-state index contributed by atoms with van der Waals surface area (Å²) in [6.45, 7) is 7.13. The van der Waals surface area contributed by atoms with E-state index in [9.17, 15) is 14.9 Å². The quantitative estimate of drug-likeness (QED) is 0.457. The topological polar surface area (TPSA) is 134 Å². The SMILES string of the molecule is CC(=O)Nc1ccc(Nc2ncnc(NNC(C)(C)C)c2[N+](=O)[O-])cc1. The lowest BCUT2D eigenvalue weighted by Gasteiger charge is -2.21. The molecule has 1 heterocycles. The van der Waals surface area contributed by atoms with Gasteiger partial charge in [0.05, 0.1) is 4.92 Å². The van der Waals surface area contributed by atoms with E-state index >= 15 is 0 Å². The molecule has 1 amide bonds. The first-order valence-electron chi connectivity index (χ1n) is 7.83. The van der Waals surface area contributed by atoms with Crippen molar-refractivity contribution in [3.05, 3.63) is 40.7 Å². The minimum atomic E-state index is -0.555. The van der Waals surface area contributed by atoms with Crippen LogP contribution in [0, 0.1) is 10.1 Å². The van der Waals surface area contributed by atoms with Gasteiger partial charge in [-0.2, -0.15) is 0 Å². The third-order valence-corrected chi connectivity index (χ3v) is 3.03. The highest BCUT2D eigenvalue weighted by atomic mass is 16.6. The zero-order valence-corrected chi connectivity index (χ0v) is 15.0. The number of anilines is 4. The van der Waals surface area contributed by atoms with E-state index in [2.05, 4.69) is 31.5 Å². The van der Waals surface area contributed by atoms with Crippen LogP contribution in [0.2, 0.25) is 0 Å². The van der Waals surface area contributed by atoms with Crippen molar-refractivity contribution in [1.29, 1.82) is 0 Å². The second-order valence-electron chi connectivity index (χ2n) is 6.56. The number of carbonyl (C=O) groups is 1. The Morgan fingerprint density at radius 2 is 1.65 bits per heavy atom. The fourth-order valence-corrected chi connectivity index (χ4v) is 1.96. The van der Waals surface area contributed by atoms with Crippen LogP contribution in [0.4, 0.5) is 28.7 Å². The largest absolute Gasteiger partial charge is 0.354 e. The van der Waals surface area contributed by atoms with Crippen molar-refractivity contribution in [3.8, 4) is 0 Å². The van der Waals surface area contributed by atoms with E-state index in [1.807, 2.05) is 20.8 Å². The molecule has 1 aromatic heterocycles. The van der Waals surface area contributed by atoms with Gasteiger partial charge in [0.2, 0.25) is 17.5 Å². The van der Waals surface area contributed by atoms with Gasteiger partial charge in [0, 0.05) is 23.8 Å². The Hall–Kier alpha value is -3.27. The number of hydrazine groups is 1. The second-order valence-corrected chi connectivity index (χ2v) is 6.56. The van der Waals surface area contributed by atoms with Gasteiger partial charge in [-0.3, -0.25) is 20.3 Å². The number of benzene rings is 1. The van der Waals surface area contributed by atoms with Crippen LogP contribution in [0.1, 0.15) is 27.7 Å². The predicted molar refractivity (Wildman–Crippen MR) is 99.2 cm³/mol. The number of carbonyl (C=O) groups excluding carboxylic acids is 1. The van der Waals surface area contributed by atoms with Crippen LogP contribution in [0.5, 0.6) is 0 Å². The lowest BCUT2D eigenvalue weighted by molar-refractivity contribution is -0.383. The molecule has 0 spiro atoms. The van der Waals surface area contributed by atoms with E-state index in [1.165, 1.54) is 13.3 Å². The van der Waals surface area contributed by atoms with E-state index < -0.39 is 4.92 Å². The highest BCUT2D eigenvalue weighted by Gasteiger charge is 2.24. The average molecular weight is 359 g/mol. The summed E-state index contributed by atoms with van der Waals surface area (Å²) in [7, 11) is 0. The van der Waals surface area contributed by atoms with Gasteiger partial charge >= 0.3 is 5.69 Å². The maximum atomic E-state index is 11.5. The zero-order valence-electron chi connectivity index (χ0n) is 15.0. The lowest BCUT2D eigenvalue weighted by Crippen LogP contribution is -2.40. The fourth-order valence-electron chi connectivity index (χ4n) is 1.96. The number of nitrogens with one attached hydrogen (secondary N) is 4. The van der Waals surface area contributed by atoms with Crippen LogP contribution in [-0.4, -0.2) is 26.3 Å². The Morgan fingerprint density at radius 1 is 1.08 bits per heavy atom. The molecule has 0 fully saturated rings. The summed E-state index contributed by atoms with van der Waals surface area (Å²) >= 11 is 0. The first-order valence-corrected chi connectivity index (χ1v) is 7.83. The fraction of sp³-hybridized carbons (Fsp3) is 0.312. The summed E-state index contributed by atoms with van der Waals surface area (Å²) in [4.78, 5) is 29.9. The molecule has 0 aliphatic heterocycles. The smallest absolute Gasteiger partial charge is 0.334 e. The van der Waals surface area contributed by atoms with Crippen LogP contribution in [0.15, 0.2) is 30.6 Å². The summed E-state index contributed by atoms with van der Waals surface area (Å²) in [5.74, 6) is -0.0769. The Morgan fingerprint density at radius 3 is 2.19 bits per heavy atom. The van der Waals surface area contributed by atoms with Gasteiger partial charge in [-0.05, 0) is 45.0 Å². The highest BCUT2D eigenvalue weighted by molar-refractivity contribution is 5.89. The molecule has 0 unspecified atom stereocenters. The van der Waals surface area contributed by atoms with E-state index in [0.29, 0.717) is 11.4 Å². The number of aromatic nitrogens is 2. The summed E-state index contributed by atoms with van der Waals surface area (Å²) < 4.78 is 0. The van der Waals surface area contributed by atoms with Gasteiger partial charge in [-0.1, -0.05) is 0 Å². The molecule has 10 heteroatoms. The highest BCUT2D eigenvalue weighted by Crippen LogP contribution is 2.31. The van der Waals surface area contributed by atoms with E-state index in [0.717, 1.165) is 0 Å². The molecule has 0 saturated carbocycles. The monoisotopic (exact) mass is 359 g/mol. The maximum absolute atomic E-state index is 11.5. The number of hydrogen-bond acceptors (Lipinski definition) is 8. The first kappa shape index (κ1) is 19.1. The number of rotatable bonds is 6. The third-order valence-electron chi connectivity index (χ3n) is 3.03. The van der Waals surface area contributed by atoms with Crippen molar-refractivity contribution in [2.24, 2.45) is 0 Å². The van der Waals surface area contributed by atoms with Gasteiger partial charge < -0.3 is 10.6 Å². The molecule has 0 atom stereocenters. The molecule has 10 nitrogen and oxygen atoms in total. The molecule has 0 aliphatic rings. The lowest BCUT2D eigenvalue weighted by atomic mass is 10.1. The minimum Gasteiger partial charge on any atom is -0.334 e. The minimum absolute atomic E-state index is 0.0514. The Bertz CT molecular complexity index is 800. The van der Waals surface area contributed by atoms with Crippen molar-refractivity contribution in [1.82, 2.24) is 15.4 Å². The summed E-state index contributed by atoms with van der Waals surface area (Å²) in [6, 6.07) is 6.71. The van der Waals surface area contributed by atoms with E-state index in [4.69, 9.17) is 0 Å². The molecule has 0 bridgehead atoms. The van der Waals surface area contributed by atoms with E-state index in [1.54, 1.807) is 24.3 Å². The molecule has 1 aromatic carbocycles. The number of hydrogen-bond donors (Lipinski definition) is 4. The molecule has 138 valence electrons. The molecule has 26 heavy (non-hydrogen) atoms. The number of nitro groups is 1. The third kappa shape index (κ3) is 5.38. The van der Waals surface area contributed by atoms with Crippen molar-refractivity contribution in [2.45, 2.75) is 33.2 Å². The molecule has 0 radical (unpaired) electrons. The standard InChI is InChI=1S/C16H21N7O3/c1-10(24)19-11-5-7-12(8-6-11)20-14-13(23(25)26)15(18-9-17-14)21-22-16(2,3)4/h5-9,22H,1-4H3,(H,19,24)(H2,17,18,20,21). The molecular weight excluding hydrogens is 338 g/mol.